The van der Waals surface area contributed by atoms with Crippen molar-refractivity contribution in [3.8, 4) is 5.75 Å². The van der Waals surface area contributed by atoms with E-state index in [0.29, 0.717) is 13.2 Å². The van der Waals surface area contributed by atoms with E-state index in [4.69, 9.17) is 4.74 Å². The first kappa shape index (κ1) is 17.1. The van der Waals surface area contributed by atoms with Crippen molar-refractivity contribution < 1.29 is 9.84 Å². The van der Waals surface area contributed by atoms with Crippen LogP contribution in [0.15, 0.2) is 18.2 Å². The number of thiazole rings is 1. The molecular weight excluding hydrogens is 298 g/mol. The standard InChI is InChI=1S/C16H25N3O2S/c1-4-17-7-8-19(3)10-13(20)11-21-14-5-6-16-15(9-14)18-12(2)22-16/h5-6,9,13,17,20H,4,7-8,10-11H2,1-3H3/t13-/m1/s1. The van der Waals surface area contributed by atoms with Crippen LogP contribution in [0.2, 0.25) is 0 Å². The number of aliphatic hydroxyl groups excluding tert-OH is 1. The molecule has 0 aliphatic carbocycles. The van der Waals surface area contributed by atoms with Crippen LogP contribution in [0.1, 0.15) is 11.9 Å². The molecule has 0 aliphatic rings. The number of hydrogen-bond donors (Lipinski definition) is 2. The van der Waals surface area contributed by atoms with Crippen LogP contribution in [0.4, 0.5) is 0 Å². The first-order valence-corrected chi connectivity index (χ1v) is 8.47. The maximum atomic E-state index is 10.1. The molecule has 6 heteroatoms. The molecule has 0 aliphatic heterocycles. The molecule has 1 atom stereocenters. The number of aliphatic hydroxyl groups is 1. The molecule has 22 heavy (non-hydrogen) atoms. The Hall–Kier alpha value is -1.21. The first-order valence-electron chi connectivity index (χ1n) is 7.65. The lowest BCUT2D eigenvalue weighted by molar-refractivity contribution is 0.0767. The Morgan fingerprint density at radius 3 is 3.05 bits per heavy atom. The van der Waals surface area contributed by atoms with Gasteiger partial charge in [0.1, 0.15) is 18.5 Å². The van der Waals surface area contributed by atoms with Crippen LogP contribution in [-0.4, -0.2) is 60.9 Å². The first-order chi connectivity index (χ1) is 10.6. The molecule has 1 aromatic heterocycles. The van der Waals surface area contributed by atoms with Gasteiger partial charge in [-0.3, -0.25) is 0 Å². The van der Waals surface area contributed by atoms with Gasteiger partial charge in [0.2, 0.25) is 0 Å². The Kier molecular flexibility index (Phi) is 6.57. The minimum atomic E-state index is -0.500. The van der Waals surface area contributed by atoms with Crippen LogP contribution in [0.3, 0.4) is 0 Å². The normalized spacial score (nSPS) is 13.0. The summed E-state index contributed by atoms with van der Waals surface area (Å²) in [6.07, 6.45) is -0.500. The van der Waals surface area contributed by atoms with E-state index in [-0.39, 0.29) is 0 Å². The van der Waals surface area contributed by atoms with Gasteiger partial charge in [-0.1, -0.05) is 6.92 Å². The molecule has 0 spiro atoms. The van der Waals surface area contributed by atoms with E-state index in [1.54, 1.807) is 11.3 Å². The van der Waals surface area contributed by atoms with Crippen LogP contribution in [-0.2, 0) is 0 Å². The summed E-state index contributed by atoms with van der Waals surface area (Å²) in [6, 6.07) is 5.88. The lowest BCUT2D eigenvalue weighted by Gasteiger charge is -2.20. The summed E-state index contributed by atoms with van der Waals surface area (Å²) in [5.41, 5.74) is 0.956. The highest BCUT2D eigenvalue weighted by Crippen LogP contribution is 2.25. The smallest absolute Gasteiger partial charge is 0.121 e. The Labute approximate surface area is 135 Å². The van der Waals surface area contributed by atoms with Gasteiger partial charge in [-0.25, -0.2) is 4.98 Å². The number of nitrogens with one attached hydrogen (secondary N) is 1. The van der Waals surface area contributed by atoms with Crippen LogP contribution in [0, 0.1) is 6.92 Å². The average Bonchev–Trinajstić information content (AvgIpc) is 2.84. The monoisotopic (exact) mass is 323 g/mol. The van der Waals surface area contributed by atoms with Crippen molar-refractivity contribution >= 4 is 21.6 Å². The number of ether oxygens (including phenoxy) is 1. The summed E-state index contributed by atoms with van der Waals surface area (Å²) in [6.45, 7) is 7.79. The van der Waals surface area contributed by atoms with E-state index >= 15 is 0 Å². The van der Waals surface area contributed by atoms with Gasteiger partial charge in [0.15, 0.2) is 0 Å². The van der Waals surface area contributed by atoms with Gasteiger partial charge in [0.25, 0.3) is 0 Å². The van der Waals surface area contributed by atoms with Crippen molar-refractivity contribution in [2.45, 2.75) is 20.0 Å². The van der Waals surface area contributed by atoms with Gasteiger partial charge in [0.05, 0.1) is 15.2 Å². The number of benzene rings is 1. The Balaban J connectivity index is 1.78. The summed E-state index contributed by atoms with van der Waals surface area (Å²) in [5.74, 6) is 0.757. The quantitative estimate of drug-likeness (QED) is 0.690. The number of nitrogens with zero attached hydrogens (tertiary/aromatic N) is 2. The van der Waals surface area contributed by atoms with Crippen LogP contribution < -0.4 is 10.1 Å². The maximum Gasteiger partial charge on any atom is 0.121 e. The zero-order chi connectivity index (χ0) is 15.9. The predicted octanol–water partition coefficient (Wildman–Crippen LogP) is 1.89. The fourth-order valence-corrected chi connectivity index (χ4v) is 3.06. The Bertz CT molecular complexity index is 588. The van der Waals surface area contributed by atoms with E-state index in [1.165, 1.54) is 0 Å². The lowest BCUT2D eigenvalue weighted by Crippen LogP contribution is -2.37. The number of hydrogen-bond acceptors (Lipinski definition) is 6. The van der Waals surface area contributed by atoms with Crippen molar-refractivity contribution in [3.63, 3.8) is 0 Å². The zero-order valence-corrected chi connectivity index (χ0v) is 14.3. The molecule has 0 radical (unpaired) electrons. The minimum absolute atomic E-state index is 0.292. The van der Waals surface area contributed by atoms with Gasteiger partial charge in [-0.2, -0.15) is 0 Å². The number of aromatic nitrogens is 1. The van der Waals surface area contributed by atoms with E-state index in [9.17, 15) is 5.11 Å². The van der Waals surface area contributed by atoms with Crippen molar-refractivity contribution in [3.05, 3.63) is 23.2 Å². The highest BCUT2D eigenvalue weighted by atomic mass is 32.1. The molecule has 2 rings (SSSR count). The molecule has 0 fully saturated rings. The molecule has 2 aromatic rings. The SMILES string of the molecule is CCNCCN(C)C[C@@H](O)COc1ccc2sc(C)nc2c1. The van der Waals surface area contributed by atoms with Crippen LogP contribution in [0.25, 0.3) is 10.2 Å². The topological polar surface area (TPSA) is 57.6 Å². The lowest BCUT2D eigenvalue weighted by atomic mass is 10.3. The maximum absolute atomic E-state index is 10.1. The molecule has 0 saturated carbocycles. The number of aryl methyl sites for hydroxylation is 1. The van der Waals surface area contributed by atoms with Crippen molar-refractivity contribution in [2.24, 2.45) is 0 Å². The van der Waals surface area contributed by atoms with Gasteiger partial charge in [-0.05, 0) is 32.6 Å². The van der Waals surface area contributed by atoms with E-state index in [1.807, 2.05) is 32.2 Å². The molecule has 1 aromatic carbocycles. The average molecular weight is 323 g/mol. The Morgan fingerprint density at radius 2 is 2.27 bits per heavy atom. The molecule has 122 valence electrons. The number of fused-ring (bicyclic) bond motifs is 1. The third-order valence-electron chi connectivity index (χ3n) is 3.35. The summed E-state index contributed by atoms with van der Waals surface area (Å²) >= 11 is 1.67. The Morgan fingerprint density at radius 1 is 1.45 bits per heavy atom. The van der Waals surface area contributed by atoms with E-state index in [0.717, 1.165) is 40.6 Å². The fourth-order valence-electron chi connectivity index (χ4n) is 2.26. The molecule has 0 amide bonds. The number of rotatable bonds is 9. The molecule has 0 saturated heterocycles. The molecule has 1 heterocycles. The summed E-state index contributed by atoms with van der Waals surface area (Å²) in [7, 11) is 2.00. The van der Waals surface area contributed by atoms with E-state index < -0.39 is 6.10 Å². The molecule has 5 nitrogen and oxygen atoms in total. The van der Waals surface area contributed by atoms with Crippen molar-refractivity contribution in [1.82, 2.24) is 15.2 Å². The van der Waals surface area contributed by atoms with Gasteiger partial charge < -0.3 is 20.1 Å². The van der Waals surface area contributed by atoms with Gasteiger partial charge >= 0.3 is 0 Å². The van der Waals surface area contributed by atoms with Crippen LogP contribution >= 0.6 is 11.3 Å². The van der Waals surface area contributed by atoms with Gasteiger partial charge in [0, 0.05) is 25.7 Å². The fraction of sp³-hybridized carbons (Fsp3) is 0.562. The molecule has 0 bridgehead atoms. The highest BCUT2D eigenvalue weighted by molar-refractivity contribution is 7.18. The summed E-state index contributed by atoms with van der Waals surface area (Å²) in [5, 5.41) is 14.4. The zero-order valence-electron chi connectivity index (χ0n) is 13.5. The third kappa shape index (κ3) is 5.21. The second-order valence-electron chi connectivity index (χ2n) is 5.44. The summed E-state index contributed by atoms with van der Waals surface area (Å²) in [4.78, 5) is 6.55. The van der Waals surface area contributed by atoms with Crippen molar-refractivity contribution in [1.29, 1.82) is 0 Å². The van der Waals surface area contributed by atoms with Gasteiger partial charge in [-0.15, -0.1) is 11.3 Å². The largest absolute Gasteiger partial charge is 0.491 e. The minimum Gasteiger partial charge on any atom is -0.491 e. The summed E-state index contributed by atoms with van der Waals surface area (Å²) < 4.78 is 6.84. The highest BCUT2D eigenvalue weighted by Gasteiger charge is 2.10. The van der Waals surface area contributed by atoms with E-state index in [2.05, 4.69) is 22.1 Å². The molecular formula is C16H25N3O2S. The molecule has 0 unspecified atom stereocenters. The molecule has 2 N–H and O–H groups in total. The number of likely N-dealkylation sites (N-methyl/N-ethyl adjacent to an activating group) is 2. The van der Waals surface area contributed by atoms with Crippen LogP contribution in [0.5, 0.6) is 5.75 Å². The third-order valence-corrected chi connectivity index (χ3v) is 4.30. The second kappa shape index (κ2) is 8.43. The van der Waals surface area contributed by atoms with Crippen molar-refractivity contribution in [2.75, 3.05) is 39.8 Å². The second-order valence-corrected chi connectivity index (χ2v) is 6.68. The predicted molar refractivity (Wildman–Crippen MR) is 91.9 cm³/mol.